The number of rotatable bonds is 6. The van der Waals surface area contributed by atoms with E-state index in [0.717, 1.165) is 12.1 Å². The van der Waals surface area contributed by atoms with Crippen molar-refractivity contribution in [3.05, 3.63) is 47.1 Å². The van der Waals surface area contributed by atoms with Crippen LogP contribution in [0.15, 0.2) is 28.8 Å². The summed E-state index contributed by atoms with van der Waals surface area (Å²) in [4.78, 5) is 13.6. The Kier molecular flexibility index (Phi) is 5.14. The van der Waals surface area contributed by atoms with Gasteiger partial charge in [-0.05, 0) is 31.5 Å². The summed E-state index contributed by atoms with van der Waals surface area (Å²) in [5.74, 6) is 0.201. The molecule has 0 unspecified atom stereocenters. The van der Waals surface area contributed by atoms with Gasteiger partial charge in [0.25, 0.3) is 0 Å². The van der Waals surface area contributed by atoms with E-state index in [-0.39, 0.29) is 24.7 Å². The van der Waals surface area contributed by atoms with E-state index >= 15 is 0 Å². The lowest BCUT2D eigenvalue weighted by Crippen LogP contribution is -2.25. The summed E-state index contributed by atoms with van der Waals surface area (Å²) in [7, 11) is 1.83. The smallest absolute Gasteiger partial charge is 0.226 e. The molecule has 0 spiro atoms. The van der Waals surface area contributed by atoms with Crippen LogP contribution in [-0.2, 0) is 17.8 Å². The SMILES string of the molecule is CCN(C)c1ccc(CNC(=O)Cc2cc(C)on2)cc1F. The molecular formula is C16H20FN3O2. The van der Waals surface area contributed by atoms with Crippen molar-refractivity contribution in [1.82, 2.24) is 10.5 Å². The molecule has 0 bridgehead atoms. The summed E-state index contributed by atoms with van der Waals surface area (Å²) in [6.45, 7) is 4.73. The van der Waals surface area contributed by atoms with Gasteiger partial charge in [0.1, 0.15) is 11.6 Å². The minimum atomic E-state index is -0.289. The molecule has 0 saturated heterocycles. The Hall–Kier alpha value is -2.37. The third-order valence-electron chi connectivity index (χ3n) is 3.41. The van der Waals surface area contributed by atoms with Crippen molar-refractivity contribution in [2.24, 2.45) is 0 Å². The number of nitrogens with one attached hydrogen (secondary N) is 1. The van der Waals surface area contributed by atoms with Gasteiger partial charge in [-0.1, -0.05) is 11.2 Å². The van der Waals surface area contributed by atoms with Crippen molar-refractivity contribution >= 4 is 11.6 Å². The van der Waals surface area contributed by atoms with E-state index in [2.05, 4.69) is 10.5 Å². The fourth-order valence-corrected chi connectivity index (χ4v) is 2.07. The predicted molar refractivity (Wildman–Crippen MR) is 82.1 cm³/mol. The van der Waals surface area contributed by atoms with Crippen LogP contribution < -0.4 is 10.2 Å². The van der Waals surface area contributed by atoms with Crippen molar-refractivity contribution in [3.8, 4) is 0 Å². The third-order valence-corrected chi connectivity index (χ3v) is 3.41. The van der Waals surface area contributed by atoms with Crippen molar-refractivity contribution in [2.45, 2.75) is 26.8 Å². The maximum absolute atomic E-state index is 14.0. The van der Waals surface area contributed by atoms with Crippen LogP contribution in [0.4, 0.5) is 10.1 Å². The maximum Gasteiger partial charge on any atom is 0.226 e. The molecule has 1 amide bonds. The van der Waals surface area contributed by atoms with Crippen LogP contribution in [0, 0.1) is 12.7 Å². The Morgan fingerprint density at radius 2 is 2.18 bits per heavy atom. The normalized spacial score (nSPS) is 10.5. The summed E-state index contributed by atoms with van der Waals surface area (Å²) in [5, 5.41) is 6.51. The van der Waals surface area contributed by atoms with E-state index in [1.807, 2.05) is 24.9 Å². The Bertz CT molecular complexity index is 655. The quantitative estimate of drug-likeness (QED) is 0.890. The zero-order valence-corrected chi connectivity index (χ0v) is 13.0. The highest BCUT2D eigenvalue weighted by Crippen LogP contribution is 2.19. The van der Waals surface area contributed by atoms with Crippen LogP contribution in [0.3, 0.4) is 0 Å². The molecular weight excluding hydrogens is 285 g/mol. The molecule has 0 aliphatic heterocycles. The average molecular weight is 305 g/mol. The van der Waals surface area contributed by atoms with Gasteiger partial charge in [-0.25, -0.2) is 4.39 Å². The van der Waals surface area contributed by atoms with Gasteiger partial charge in [0.2, 0.25) is 5.91 Å². The predicted octanol–water partition coefficient (Wildman–Crippen LogP) is 2.44. The van der Waals surface area contributed by atoms with Crippen molar-refractivity contribution in [1.29, 1.82) is 0 Å². The second kappa shape index (κ2) is 7.06. The third kappa shape index (κ3) is 4.07. The number of hydrogen-bond acceptors (Lipinski definition) is 4. The molecule has 1 aromatic heterocycles. The van der Waals surface area contributed by atoms with Gasteiger partial charge >= 0.3 is 0 Å². The van der Waals surface area contributed by atoms with E-state index in [1.165, 1.54) is 6.07 Å². The number of aryl methyl sites for hydroxylation is 1. The van der Waals surface area contributed by atoms with Crippen molar-refractivity contribution in [3.63, 3.8) is 0 Å². The zero-order chi connectivity index (χ0) is 16.1. The molecule has 22 heavy (non-hydrogen) atoms. The number of halogens is 1. The Balaban J connectivity index is 1.91. The lowest BCUT2D eigenvalue weighted by atomic mass is 10.1. The van der Waals surface area contributed by atoms with E-state index in [9.17, 15) is 9.18 Å². The first-order chi connectivity index (χ1) is 10.5. The molecule has 0 fully saturated rings. The summed E-state index contributed by atoms with van der Waals surface area (Å²) in [6.07, 6.45) is 0.149. The largest absolute Gasteiger partial charge is 0.373 e. The monoisotopic (exact) mass is 305 g/mol. The Labute approximate surface area is 129 Å². The molecule has 118 valence electrons. The number of amides is 1. The second-order valence-corrected chi connectivity index (χ2v) is 5.18. The van der Waals surface area contributed by atoms with Gasteiger partial charge in [0.05, 0.1) is 17.8 Å². The molecule has 1 aromatic carbocycles. The van der Waals surface area contributed by atoms with Crippen LogP contribution in [0.2, 0.25) is 0 Å². The molecule has 6 heteroatoms. The molecule has 1 heterocycles. The molecule has 0 radical (unpaired) electrons. The highest BCUT2D eigenvalue weighted by Gasteiger charge is 2.09. The highest BCUT2D eigenvalue weighted by atomic mass is 19.1. The van der Waals surface area contributed by atoms with Gasteiger partial charge in [-0.15, -0.1) is 0 Å². The number of anilines is 1. The van der Waals surface area contributed by atoms with Gasteiger partial charge < -0.3 is 14.7 Å². The first-order valence-electron chi connectivity index (χ1n) is 7.18. The lowest BCUT2D eigenvalue weighted by Gasteiger charge is -2.18. The molecule has 2 rings (SSSR count). The molecule has 5 nitrogen and oxygen atoms in total. The summed E-state index contributed by atoms with van der Waals surface area (Å²) in [5.41, 5.74) is 1.85. The Morgan fingerprint density at radius 3 is 2.77 bits per heavy atom. The van der Waals surface area contributed by atoms with Gasteiger partial charge in [0.15, 0.2) is 0 Å². The summed E-state index contributed by atoms with van der Waals surface area (Å²) in [6, 6.07) is 6.70. The number of carbonyl (C=O) groups excluding carboxylic acids is 1. The second-order valence-electron chi connectivity index (χ2n) is 5.18. The van der Waals surface area contributed by atoms with Gasteiger partial charge in [0, 0.05) is 26.2 Å². The molecule has 0 saturated carbocycles. The first-order valence-corrected chi connectivity index (χ1v) is 7.18. The van der Waals surface area contributed by atoms with E-state index in [0.29, 0.717) is 17.1 Å². The number of hydrogen-bond donors (Lipinski definition) is 1. The maximum atomic E-state index is 14.0. The van der Waals surface area contributed by atoms with Crippen LogP contribution in [-0.4, -0.2) is 24.7 Å². The van der Waals surface area contributed by atoms with Gasteiger partial charge in [-0.2, -0.15) is 0 Å². The van der Waals surface area contributed by atoms with Crippen molar-refractivity contribution < 1.29 is 13.7 Å². The molecule has 1 N–H and O–H groups in total. The van der Waals surface area contributed by atoms with E-state index < -0.39 is 0 Å². The first kappa shape index (κ1) is 16.0. The number of carbonyl (C=O) groups is 1. The summed E-state index contributed by atoms with van der Waals surface area (Å²) < 4.78 is 18.9. The van der Waals surface area contributed by atoms with Crippen molar-refractivity contribution in [2.75, 3.05) is 18.5 Å². The fourth-order valence-electron chi connectivity index (χ4n) is 2.07. The number of nitrogens with zero attached hydrogens (tertiary/aromatic N) is 2. The molecule has 2 aromatic rings. The number of aromatic nitrogens is 1. The standard InChI is InChI=1S/C16H20FN3O2/c1-4-20(3)15-6-5-12(8-14(15)17)10-18-16(21)9-13-7-11(2)22-19-13/h5-8H,4,9-10H2,1-3H3,(H,18,21). The summed E-state index contributed by atoms with van der Waals surface area (Å²) >= 11 is 0. The minimum absolute atomic E-state index is 0.149. The Morgan fingerprint density at radius 1 is 1.41 bits per heavy atom. The van der Waals surface area contributed by atoms with Gasteiger partial charge in [-0.3, -0.25) is 4.79 Å². The lowest BCUT2D eigenvalue weighted by molar-refractivity contribution is -0.120. The van der Waals surface area contributed by atoms with Crippen LogP contribution >= 0.6 is 0 Å². The fraction of sp³-hybridized carbons (Fsp3) is 0.375. The van der Waals surface area contributed by atoms with Crippen LogP contribution in [0.25, 0.3) is 0 Å². The highest BCUT2D eigenvalue weighted by molar-refractivity contribution is 5.78. The minimum Gasteiger partial charge on any atom is -0.373 e. The van der Waals surface area contributed by atoms with Crippen LogP contribution in [0.1, 0.15) is 23.9 Å². The molecule has 0 aliphatic carbocycles. The molecule has 0 atom stereocenters. The van der Waals surface area contributed by atoms with E-state index in [1.54, 1.807) is 19.1 Å². The molecule has 0 aliphatic rings. The zero-order valence-electron chi connectivity index (χ0n) is 13.0. The van der Waals surface area contributed by atoms with Crippen LogP contribution in [0.5, 0.6) is 0 Å². The average Bonchev–Trinajstić information content (AvgIpc) is 2.89. The number of benzene rings is 1. The van der Waals surface area contributed by atoms with E-state index in [4.69, 9.17) is 4.52 Å². The topological polar surface area (TPSA) is 58.4 Å².